The van der Waals surface area contributed by atoms with E-state index in [1.54, 1.807) is 0 Å². The van der Waals surface area contributed by atoms with E-state index in [0.717, 1.165) is 17.5 Å². The smallest absolute Gasteiger partial charge is 0.210 e. The molecule has 19 heavy (non-hydrogen) atoms. The van der Waals surface area contributed by atoms with E-state index in [1.165, 1.54) is 0 Å². The van der Waals surface area contributed by atoms with E-state index in [2.05, 4.69) is 38.1 Å². The number of benzene rings is 2. The molecule has 0 bridgehead atoms. The number of carbonyl (C=O) groups is 1. The van der Waals surface area contributed by atoms with Gasteiger partial charge in [-0.1, -0.05) is 60.7 Å². The van der Waals surface area contributed by atoms with Crippen LogP contribution in [0.15, 0.2) is 60.7 Å². The zero-order valence-corrected chi connectivity index (χ0v) is 11.4. The number of hydrogen-bond donors (Lipinski definition) is 0. The summed E-state index contributed by atoms with van der Waals surface area (Å²) in [5.74, 6) is 0. The average Bonchev–Trinajstić information content (AvgIpc) is 2.49. The summed E-state index contributed by atoms with van der Waals surface area (Å²) in [4.78, 5) is 13.3. The molecule has 0 N–H and O–H groups in total. The standard InChI is InChI=1S/C17H19NO/c1-14(16-9-5-3-6-10-16)18(13-19)15(2)17-11-7-4-8-12-17/h3-15H,1-2H3. The lowest BCUT2D eigenvalue weighted by Gasteiger charge is -2.31. The van der Waals surface area contributed by atoms with Gasteiger partial charge in [0.05, 0.1) is 12.1 Å². The van der Waals surface area contributed by atoms with E-state index in [-0.39, 0.29) is 12.1 Å². The Morgan fingerprint density at radius 1 is 0.789 bits per heavy atom. The first-order valence-corrected chi connectivity index (χ1v) is 6.56. The number of hydrogen-bond acceptors (Lipinski definition) is 1. The zero-order valence-electron chi connectivity index (χ0n) is 11.4. The molecular formula is C17H19NO. The van der Waals surface area contributed by atoms with Gasteiger partial charge in [-0.2, -0.15) is 0 Å². The third kappa shape index (κ3) is 3.02. The molecule has 2 aromatic carbocycles. The third-order valence-corrected chi connectivity index (χ3v) is 3.58. The number of carbonyl (C=O) groups excluding carboxylic acids is 1. The third-order valence-electron chi connectivity index (χ3n) is 3.58. The summed E-state index contributed by atoms with van der Waals surface area (Å²) < 4.78 is 0. The Balaban J connectivity index is 2.23. The lowest BCUT2D eigenvalue weighted by Crippen LogP contribution is -2.28. The van der Waals surface area contributed by atoms with Gasteiger partial charge < -0.3 is 4.90 Å². The molecule has 0 spiro atoms. The lowest BCUT2D eigenvalue weighted by atomic mass is 10.0. The van der Waals surface area contributed by atoms with Crippen LogP contribution in [0.4, 0.5) is 0 Å². The number of rotatable bonds is 5. The molecule has 1 amide bonds. The Kier molecular flexibility index (Phi) is 4.35. The zero-order chi connectivity index (χ0) is 13.7. The molecule has 98 valence electrons. The van der Waals surface area contributed by atoms with Gasteiger partial charge in [0.25, 0.3) is 0 Å². The van der Waals surface area contributed by atoms with Crippen molar-refractivity contribution in [1.82, 2.24) is 4.90 Å². The second kappa shape index (κ2) is 6.19. The van der Waals surface area contributed by atoms with E-state index in [0.29, 0.717) is 0 Å². The highest BCUT2D eigenvalue weighted by molar-refractivity contribution is 5.50. The summed E-state index contributed by atoms with van der Waals surface area (Å²) in [6.07, 6.45) is 0.940. The maximum Gasteiger partial charge on any atom is 0.210 e. The molecule has 0 aromatic heterocycles. The van der Waals surface area contributed by atoms with Crippen molar-refractivity contribution in [2.75, 3.05) is 0 Å². The van der Waals surface area contributed by atoms with Gasteiger partial charge in [-0.05, 0) is 25.0 Å². The normalized spacial score (nSPS) is 13.6. The maximum atomic E-state index is 11.5. The Labute approximate surface area is 114 Å². The predicted octanol–water partition coefficient (Wildman–Crippen LogP) is 3.97. The molecule has 2 unspecified atom stereocenters. The molecule has 2 heteroatoms. The quantitative estimate of drug-likeness (QED) is 0.738. The summed E-state index contributed by atoms with van der Waals surface area (Å²) in [5.41, 5.74) is 2.30. The molecule has 0 fully saturated rings. The van der Waals surface area contributed by atoms with Gasteiger partial charge in [-0.25, -0.2) is 0 Å². The summed E-state index contributed by atoms with van der Waals surface area (Å²) in [6.45, 7) is 4.12. The van der Waals surface area contributed by atoms with Crippen molar-refractivity contribution >= 4 is 6.41 Å². The predicted molar refractivity (Wildman–Crippen MR) is 77.6 cm³/mol. The first kappa shape index (κ1) is 13.3. The fourth-order valence-corrected chi connectivity index (χ4v) is 2.33. The van der Waals surface area contributed by atoms with Crippen molar-refractivity contribution in [3.63, 3.8) is 0 Å². The minimum absolute atomic E-state index is 0.0638. The summed E-state index contributed by atoms with van der Waals surface area (Å²) >= 11 is 0. The van der Waals surface area contributed by atoms with Crippen molar-refractivity contribution in [1.29, 1.82) is 0 Å². The molecule has 0 saturated carbocycles. The van der Waals surface area contributed by atoms with Crippen LogP contribution < -0.4 is 0 Å². The lowest BCUT2D eigenvalue weighted by molar-refractivity contribution is -0.122. The van der Waals surface area contributed by atoms with Gasteiger partial charge in [-0.3, -0.25) is 4.79 Å². The van der Waals surface area contributed by atoms with Crippen LogP contribution in [0.2, 0.25) is 0 Å². The fraction of sp³-hybridized carbons (Fsp3) is 0.235. The van der Waals surface area contributed by atoms with Crippen molar-refractivity contribution in [2.45, 2.75) is 25.9 Å². The van der Waals surface area contributed by atoms with E-state index < -0.39 is 0 Å². The SMILES string of the molecule is CC(c1ccccc1)N(C=O)C(C)c1ccccc1. The Morgan fingerprint density at radius 2 is 1.16 bits per heavy atom. The van der Waals surface area contributed by atoms with Crippen LogP contribution in [0.3, 0.4) is 0 Å². The van der Waals surface area contributed by atoms with Crippen molar-refractivity contribution in [3.8, 4) is 0 Å². The maximum absolute atomic E-state index is 11.5. The molecule has 0 aliphatic rings. The minimum atomic E-state index is 0.0638. The second-order valence-electron chi connectivity index (χ2n) is 4.73. The average molecular weight is 253 g/mol. The fourth-order valence-electron chi connectivity index (χ4n) is 2.33. The first-order valence-electron chi connectivity index (χ1n) is 6.56. The Bertz CT molecular complexity index is 464. The van der Waals surface area contributed by atoms with Crippen molar-refractivity contribution < 1.29 is 4.79 Å². The monoisotopic (exact) mass is 253 g/mol. The minimum Gasteiger partial charge on any atom is -0.332 e. The van der Waals surface area contributed by atoms with Gasteiger partial charge in [-0.15, -0.1) is 0 Å². The van der Waals surface area contributed by atoms with E-state index >= 15 is 0 Å². The van der Waals surface area contributed by atoms with Crippen LogP contribution in [0.5, 0.6) is 0 Å². The number of nitrogens with zero attached hydrogens (tertiary/aromatic N) is 1. The van der Waals surface area contributed by atoms with Crippen LogP contribution in [0, 0.1) is 0 Å². The molecule has 0 aliphatic heterocycles. The molecular weight excluding hydrogens is 234 g/mol. The molecule has 0 saturated heterocycles. The highest BCUT2D eigenvalue weighted by Crippen LogP contribution is 2.28. The molecule has 0 radical (unpaired) electrons. The first-order chi connectivity index (χ1) is 9.24. The highest BCUT2D eigenvalue weighted by Gasteiger charge is 2.20. The van der Waals surface area contributed by atoms with Gasteiger partial charge in [0.15, 0.2) is 0 Å². The van der Waals surface area contributed by atoms with Gasteiger partial charge in [0.1, 0.15) is 0 Å². The molecule has 0 heterocycles. The van der Waals surface area contributed by atoms with Crippen molar-refractivity contribution in [3.05, 3.63) is 71.8 Å². The highest BCUT2D eigenvalue weighted by atomic mass is 16.1. The molecule has 0 aliphatic carbocycles. The second-order valence-corrected chi connectivity index (χ2v) is 4.73. The Hall–Kier alpha value is -2.09. The van der Waals surface area contributed by atoms with Crippen molar-refractivity contribution in [2.24, 2.45) is 0 Å². The largest absolute Gasteiger partial charge is 0.332 e. The summed E-state index contributed by atoms with van der Waals surface area (Å²) in [5, 5.41) is 0. The molecule has 2 rings (SSSR count). The van der Waals surface area contributed by atoms with Crippen LogP contribution >= 0.6 is 0 Å². The van der Waals surface area contributed by atoms with Gasteiger partial charge in [0, 0.05) is 0 Å². The summed E-state index contributed by atoms with van der Waals surface area (Å²) in [7, 11) is 0. The molecule has 2 aromatic rings. The van der Waals surface area contributed by atoms with Crippen LogP contribution in [0.25, 0.3) is 0 Å². The summed E-state index contributed by atoms with van der Waals surface area (Å²) in [6, 6.07) is 20.3. The van der Waals surface area contributed by atoms with E-state index in [9.17, 15) is 4.79 Å². The topological polar surface area (TPSA) is 20.3 Å². The van der Waals surface area contributed by atoms with E-state index in [4.69, 9.17) is 0 Å². The Morgan fingerprint density at radius 3 is 1.47 bits per heavy atom. The number of amides is 1. The van der Waals surface area contributed by atoms with Crippen LogP contribution in [0.1, 0.15) is 37.1 Å². The van der Waals surface area contributed by atoms with Crippen LogP contribution in [-0.4, -0.2) is 11.3 Å². The van der Waals surface area contributed by atoms with Gasteiger partial charge >= 0.3 is 0 Å². The van der Waals surface area contributed by atoms with Gasteiger partial charge in [0.2, 0.25) is 6.41 Å². The molecule has 2 atom stereocenters. The van der Waals surface area contributed by atoms with E-state index in [1.807, 2.05) is 41.3 Å². The molecule has 2 nitrogen and oxygen atoms in total. The van der Waals surface area contributed by atoms with Crippen LogP contribution in [-0.2, 0) is 4.79 Å².